The van der Waals surface area contributed by atoms with Crippen molar-refractivity contribution in [3.63, 3.8) is 0 Å². The fourth-order valence-corrected chi connectivity index (χ4v) is 4.08. The fourth-order valence-electron chi connectivity index (χ4n) is 1.93. The molecule has 1 aromatic carbocycles. The van der Waals surface area contributed by atoms with Crippen LogP contribution >= 0.6 is 22.9 Å². The van der Waals surface area contributed by atoms with Crippen molar-refractivity contribution in [2.24, 2.45) is 0 Å². The van der Waals surface area contributed by atoms with Crippen molar-refractivity contribution in [2.75, 3.05) is 14.1 Å². The Labute approximate surface area is 134 Å². The number of thiophene rings is 1. The number of hydrogen-bond donors (Lipinski definition) is 1. The zero-order chi connectivity index (χ0) is 15.5. The highest BCUT2D eigenvalue weighted by molar-refractivity contribution is 7.89. The van der Waals surface area contributed by atoms with E-state index in [9.17, 15) is 8.42 Å². The molecule has 0 unspecified atom stereocenters. The fraction of sp³-hybridized carbons (Fsp3) is 0.286. The lowest BCUT2D eigenvalue weighted by Gasteiger charge is -2.17. The van der Waals surface area contributed by atoms with Crippen LogP contribution in [0.3, 0.4) is 0 Å². The van der Waals surface area contributed by atoms with E-state index in [2.05, 4.69) is 5.32 Å². The molecule has 0 saturated heterocycles. The van der Waals surface area contributed by atoms with Gasteiger partial charge in [-0.3, -0.25) is 0 Å². The molecule has 0 fully saturated rings. The molecule has 2 rings (SSSR count). The minimum atomic E-state index is -3.54. The third kappa shape index (κ3) is 3.84. The van der Waals surface area contributed by atoms with E-state index < -0.39 is 10.0 Å². The minimum Gasteiger partial charge on any atom is -0.316 e. The van der Waals surface area contributed by atoms with Crippen LogP contribution in [0.2, 0.25) is 5.02 Å². The van der Waals surface area contributed by atoms with Gasteiger partial charge in [0.05, 0.1) is 4.90 Å². The predicted octanol–water partition coefficient (Wildman–Crippen LogP) is 2.94. The number of sulfonamides is 1. The molecule has 4 nitrogen and oxygen atoms in total. The Morgan fingerprint density at radius 3 is 2.67 bits per heavy atom. The van der Waals surface area contributed by atoms with Gasteiger partial charge < -0.3 is 5.32 Å². The van der Waals surface area contributed by atoms with Gasteiger partial charge in [0.1, 0.15) is 0 Å². The van der Waals surface area contributed by atoms with E-state index in [1.165, 1.54) is 10.4 Å². The standard InChI is InChI=1S/C14H17ClN2O2S2/c1-16-8-12-3-4-13(7-14(12)15)21(18,19)17(2)9-11-5-6-20-10-11/h3-7,10,16H,8-9H2,1-2H3. The van der Waals surface area contributed by atoms with Crippen LogP contribution in [0.15, 0.2) is 39.9 Å². The number of nitrogens with one attached hydrogen (secondary N) is 1. The molecule has 21 heavy (non-hydrogen) atoms. The normalized spacial score (nSPS) is 12.0. The summed E-state index contributed by atoms with van der Waals surface area (Å²) in [6.07, 6.45) is 0. The number of halogens is 1. The van der Waals surface area contributed by atoms with Crippen molar-refractivity contribution in [3.8, 4) is 0 Å². The Kier molecular flexibility index (Phi) is 5.40. The molecule has 7 heteroatoms. The van der Waals surface area contributed by atoms with Crippen molar-refractivity contribution in [3.05, 3.63) is 51.2 Å². The van der Waals surface area contributed by atoms with Crippen LogP contribution in [0, 0.1) is 0 Å². The van der Waals surface area contributed by atoms with Crippen LogP contribution in [0.1, 0.15) is 11.1 Å². The number of nitrogens with zero attached hydrogens (tertiary/aromatic N) is 1. The summed E-state index contributed by atoms with van der Waals surface area (Å²) >= 11 is 7.69. The molecular weight excluding hydrogens is 328 g/mol. The molecule has 1 aromatic heterocycles. The summed E-state index contributed by atoms with van der Waals surface area (Å²) in [4.78, 5) is 0.213. The Balaban J connectivity index is 2.24. The van der Waals surface area contributed by atoms with E-state index in [1.807, 2.05) is 23.9 Å². The first kappa shape index (κ1) is 16.5. The zero-order valence-corrected chi connectivity index (χ0v) is 14.2. The van der Waals surface area contributed by atoms with Crippen molar-refractivity contribution >= 4 is 33.0 Å². The van der Waals surface area contributed by atoms with Gasteiger partial charge in [-0.25, -0.2) is 8.42 Å². The van der Waals surface area contributed by atoms with Gasteiger partial charge in [0.15, 0.2) is 0 Å². The molecule has 0 amide bonds. The Hall–Kier alpha value is -0.920. The summed E-state index contributed by atoms with van der Waals surface area (Å²) in [5, 5.41) is 7.31. The Bertz CT molecular complexity index is 700. The molecule has 1 heterocycles. The average Bonchev–Trinajstić information content (AvgIpc) is 2.94. The van der Waals surface area contributed by atoms with Crippen molar-refractivity contribution in [1.82, 2.24) is 9.62 Å². The van der Waals surface area contributed by atoms with E-state index in [1.54, 1.807) is 30.5 Å². The van der Waals surface area contributed by atoms with E-state index in [0.717, 1.165) is 11.1 Å². The molecular formula is C14H17ClN2O2S2. The number of benzene rings is 1. The Morgan fingerprint density at radius 1 is 1.33 bits per heavy atom. The SMILES string of the molecule is CNCc1ccc(S(=O)(=O)N(C)Cc2ccsc2)cc1Cl. The largest absolute Gasteiger partial charge is 0.316 e. The summed E-state index contributed by atoms with van der Waals surface area (Å²) in [7, 11) is -0.149. The first-order valence-electron chi connectivity index (χ1n) is 6.35. The summed E-state index contributed by atoms with van der Waals surface area (Å²) in [5.74, 6) is 0. The first-order valence-corrected chi connectivity index (χ1v) is 9.11. The topological polar surface area (TPSA) is 49.4 Å². The third-order valence-electron chi connectivity index (χ3n) is 3.09. The minimum absolute atomic E-state index is 0.213. The van der Waals surface area contributed by atoms with Gasteiger partial charge in [-0.2, -0.15) is 15.6 Å². The predicted molar refractivity (Wildman–Crippen MR) is 87.2 cm³/mol. The van der Waals surface area contributed by atoms with E-state index in [4.69, 9.17) is 11.6 Å². The van der Waals surface area contributed by atoms with Gasteiger partial charge in [-0.15, -0.1) is 0 Å². The van der Waals surface area contributed by atoms with E-state index in [0.29, 0.717) is 18.1 Å². The molecule has 0 saturated carbocycles. The highest BCUT2D eigenvalue weighted by Crippen LogP contribution is 2.24. The number of hydrogen-bond acceptors (Lipinski definition) is 4. The highest BCUT2D eigenvalue weighted by atomic mass is 35.5. The number of rotatable bonds is 6. The summed E-state index contributed by atoms with van der Waals surface area (Å²) < 4.78 is 26.4. The Morgan fingerprint density at radius 2 is 2.10 bits per heavy atom. The smallest absolute Gasteiger partial charge is 0.243 e. The maximum absolute atomic E-state index is 12.5. The lowest BCUT2D eigenvalue weighted by Crippen LogP contribution is -2.26. The molecule has 2 aromatic rings. The quantitative estimate of drug-likeness (QED) is 0.876. The molecule has 0 spiro atoms. The van der Waals surface area contributed by atoms with Crippen LogP contribution in [0.25, 0.3) is 0 Å². The monoisotopic (exact) mass is 344 g/mol. The second kappa shape index (κ2) is 6.89. The molecule has 0 atom stereocenters. The van der Waals surface area contributed by atoms with Crippen LogP contribution < -0.4 is 5.32 Å². The van der Waals surface area contributed by atoms with Crippen molar-refractivity contribution in [2.45, 2.75) is 18.0 Å². The summed E-state index contributed by atoms with van der Waals surface area (Å²) in [5.41, 5.74) is 1.85. The molecule has 0 aliphatic carbocycles. The molecule has 1 N–H and O–H groups in total. The highest BCUT2D eigenvalue weighted by Gasteiger charge is 2.21. The van der Waals surface area contributed by atoms with Crippen molar-refractivity contribution < 1.29 is 8.42 Å². The van der Waals surface area contributed by atoms with Crippen LogP contribution in [-0.4, -0.2) is 26.8 Å². The molecule has 0 aliphatic rings. The maximum atomic E-state index is 12.5. The van der Waals surface area contributed by atoms with Gasteiger partial charge in [0.2, 0.25) is 10.0 Å². The second-order valence-corrected chi connectivity index (χ2v) is 7.91. The lowest BCUT2D eigenvalue weighted by molar-refractivity contribution is 0.467. The van der Waals surface area contributed by atoms with Gasteiger partial charge in [0.25, 0.3) is 0 Å². The molecule has 0 aliphatic heterocycles. The van der Waals surface area contributed by atoms with Gasteiger partial charge in [0, 0.05) is 25.2 Å². The summed E-state index contributed by atoms with van der Waals surface area (Å²) in [6, 6.07) is 6.76. The average molecular weight is 345 g/mol. The maximum Gasteiger partial charge on any atom is 0.243 e. The van der Waals surface area contributed by atoms with E-state index in [-0.39, 0.29) is 4.90 Å². The van der Waals surface area contributed by atoms with Gasteiger partial charge in [-0.05, 0) is 47.1 Å². The summed E-state index contributed by atoms with van der Waals surface area (Å²) in [6.45, 7) is 0.950. The van der Waals surface area contributed by atoms with Gasteiger partial charge >= 0.3 is 0 Å². The van der Waals surface area contributed by atoms with Crippen LogP contribution in [-0.2, 0) is 23.1 Å². The first-order chi connectivity index (χ1) is 9.95. The van der Waals surface area contributed by atoms with Gasteiger partial charge in [-0.1, -0.05) is 17.7 Å². The van der Waals surface area contributed by atoms with Crippen molar-refractivity contribution in [1.29, 1.82) is 0 Å². The molecule has 114 valence electrons. The lowest BCUT2D eigenvalue weighted by atomic mass is 10.2. The van der Waals surface area contributed by atoms with Crippen LogP contribution in [0.5, 0.6) is 0 Å². The van der Waals surface area contributed by atoms with Crippen LogP contribution in [0.4, 0.5) is 0 Å². The molecule has 0 bridgehead atoms. The zero-order valence-electron chi connectivity index (χ0n) is 11.8. The second-order valence-electron chi connectivity index (χ2n) is 4.68. The van der Waals surface area contributed by atoms with E-state index >= 15 is 0 Å². The molecule has 0 radical (unpaired) electrons. The third-order valence-corrected chi connectivity index (χ3v) is 5.97.